The number of aromatic nitrogens is 1. The highest BCUT2D eigenvalue weighted by atomic mass is 32.1. The summed E-state index contributed by atoms with van der Waals surface area (Å²) in [4.78, 5) is 5.38. The van der Waals surface area contributed by atoms with Crippen LogP contribution in [0.3, 0.4) is 0 Å². The molecule has 0 aliphatic heterocycles. The van der Waals surface area contributed by atoms with Crippen LogP contribution in [-0.2, 0) is 0 Å². The van der Waals surface area contributed by atoms with Crippen LogP contribution >= 0.6 is 11.3 Å². The second-order valence-electron chi connectivity index (χ2n) is 6.50. The summed E-state index contributed by atoms with van der Waals surface area (Å²) in [7, 11) is 3.22. The van der Waals surface area contributed by atoms with Gasteiger partial charge in [0.15, 0.2) is 11.5 Å². The Bertz CT molecular complexity index is 1100. The Labute approximate surface area is 172 Å². The Hall–Kier alpha value is -3.26. The molecule has 0 spiro atoms. The van der Waals surface area contributed by atoms with Crippen molar-refractivity contribution >= 4 is 17.6 Å². The predicted octanol–water partition coefficient (Wildman–Crippen LogP) is 3.84. The molecule has 0 saturated heterocycles. The lowest BCUT2D eigenvalue weighted by Gasteiger charge is -2.11. The van der Waals surface area contributed by atoms with Crippen molar-refractivity contribution in [2.75, 3.05) is 14.2 Å². The summed E-state index contributed by atoms with van der Waals surface area (Å²) < 4.78 is 12.6. The normalized spacial score (nSPS) is 12.1. The monoisotopic (exact) mass is 413 g/mol. The molecule has 0 aliphatic carbocycles. The molecule has 8 heteroatoms. The van der Waals surface area contributed by atoms with Crippen LogP contribution in [-0.4, -0.2) is 41.4 Å². The van der Waals surface area contributed by atoms with E-state index in [0.717, 1.165) is 16.1 Å². The molecule has 2 N–H and O–H groups in total. The van der Waals surface area contributed by atoms with E-state index in [-0.39, 0.29) is 17.5 Å². The van der Waals surface area contributed by atoms with Gasteiger partial charge in [-0.3, -0.25) is 4.99 Å². The van der Waals surface area contributed by atoms with Crippen LogP contribution in [0.2, 0.25) is 0 Å². The molecular formula is C21H23N3O4S. The van der Waals surface area contributed by atoms with Crippen LogP contribution in [0.25, 0.3) is 11.3 Å². The van der Waals surface area contributed by atoms with Gasteiger partial charge in [0.1, 0.15) is 11.5 Å². The van der Waals surface area contributed by atoms with Crippen molar-refractivity contribution < 1.29 is 19.7 Å². The predicted molar refractivity (Wildman–Crippen MR) is 114 cm³/mol. The quantitative estimate of drug-likeness (QED) is 0.475. The van der Waals surface area contributed by atoms with Crippen molar-refractivity contribution in [3.05, 3.63) is 52.1 Å². The average molecular weight is 413 g/mol. The smallest absolute Gasteiger partial charge is 0.206 e. The van der Waals surface area contributed by atoms with E-state index in [1.807, 2.05) is 37.4 Å². The third-order valence-corrected chi connectivity index (χ3v) is 4.89. The summed E-state index contributed by atoms with van der Waals surface area (Å²) in [5.41, 5.74) is 2.30. The van der Waals surface area contributed by atoms with Gasteiger partial charge in [0.25, 0.3) is 0 Å². The molecule has 29 heavy (non-hydrogen) atoms. The van der Waals surface area contributed by atoms with Gasteiger partial charge in [-0.05, 0) is 49.7 Å². The number of nitrogens with zero attached hydrogens (tertiary/aromatic N) is 3. The number of rotatable bonds is 6. The number of hydrogen-bond donors (Lipinski definition) is 2. The van der Waals surface area contributed by atoms with E-state index in [0.29, 0.717) is 17.1 Å². The second kappa shape index (κ2) is 8.83. The Kier molecular flexibility index (Phi) is 6.23. The topological polar surface area (TPSA) is 88.6 Å². The number of hydrogen-bond acceptors (Lipinski definition) is 7. The maximum atomic E-state index is 9.72. The van der Waals surface area contributed by atoms with Crippen LogP contribution in [0, 0.1) is 0 Å². The third kappa shape index (κ3) is 4.60. The first kappa shape index (κ1) is 20.5. The SMILES string of the molecule is COc1ccc(-c2csc(=NC(C)C)n2N=Cc2ccc(O)c(O)c2)c(OC)c1. The van der Waals surface area contributed by atoms with Crippen molar-refractivity contribution in [3.63, 3.8) is 0 Å². The number of benzene rings is 2. The summed E-state index contributed by atoms with van der Waals surface area (Å²) in [5, 5.41) is 25.8. The molecule has 0 fully saturated rings. The van der Waals surface area contributed by atoms with E-state index in [1.54, 1.807) is 31.2 Å². The summed E-state index contributed by atoms with van der Waals surface area (Å²) in [5.74, 6) is 0.977. The van der Waals surface area contributed by atoms with Gasteiger partial charge in [0, 0.05) is 23.1 Å². The molecule has 2 aromatic carbocycles. The molecule has 0 bridgehead atoms. The molecule has 0 unspecified atom stereocenters. The molecule has 7 nitrogen and oxygen atoms in total. The van der Waals surface area contributed by atoms with E-state index < -0.39 is 0 Å². The molecular weight excluding hydrogens is 390 g/mol. The van der Waals surface area contributed by atoms with Crippen LogP contribution in [0.4, 0.5) is 0 Å². The lowest BCUT2D eigenvalue weighted by molar-refractivity contribution is 0.395. The fourth-order valence-corrected chi connectivity index (χ4v) is 3.62. The highest BCUT2D eigenvalue weighted by Gasteiger charge is 2.14. The molecule has 0 saturated carbocycles. The molecule has 0 atom stereocenters. The Morgan fingerprint density at radius 3 is 2.48 bits per heavy atom. The Morgan fingerprint density at radius 1 is 1.03 bits per heavy atom. The van der Waals surface area contributed by atoms with Gasteiger partial charge in [-0.2, -0.15) is 5.10 Å². The fraction of sp³-hybridized carbons (Fsp3) is 0.238. The number of phenols is 2. The van der Waals surface area contributed by atoms with Gasteiger partial charge >= 0.3 is 0 Å². The van der Waals surface area contributed by atoms with E-state index in [1.165, 1.54) is 23.5 Å². The number of methoxy groups -OCH3 is 2. The molecule has 1 heterocycles. The Morgan fingerprint density at radius 2 is 1.83 bits per heavy atom. The van der Waals surface area contributed by atoms with Crippen LogP contribution in [0.5, 0.6) is 23.0 Å². The molecule has 3 aromatic rings. The van der Waals surface area contributed by atoms with Crippen LogP contribution < -0.4 is 14.3 Å². The molecule has 152 valence electrons. The van der Waals surface area contributed by atoms with E-state index >= 15 is 0 Å². The standard InChI is InChI=1S/C21H23N3O4S/c1-13(2)23-21-24(22-11-14-5-8-18(25)19(26)9-14)17(12-29-21)16-7-6-15(27-3)10-20(16)28-4/h5-13,25-26H,1-4H3. The third-order valence-electron chi connectivity index (χ3n) is 4.06. The van der Waals surface area contributed by atoms with E-state index in [4.69, 9.17) is 9.47 Å². The maximum Gasteiger partial charge on any atom is 0.206 e. The first-order chi connectivity index (χ1) is 13.9. The zero-order valence-electron chi connectivity index (χ0n) is 16.7. The van der Waals surface area contributed by atoms with E-state index in [9.17, 15) is 10.2 Å². The van der Waals surface area contributed by atoms with Crippen molar-refractivity contribution in [2.24, 2.45) is 10.1 Å². The van der Waals surface area contributed by atoms with Crippen LogP contribution in [0.1, 0.15) is 19.4 Å². The zero-order chi connectivity index (χ0) is 21.0. The highest BCUT2D eigenvalue weighted by molar-refractivity contribution is 7.07. The minimum absolute atomic E-state index is 0.0958. The minimum atomic E-state index is -0.201. The lowest BCUT2D eigenvalue weighted by atomic mass is 10.1. The zero-order valence-corrected chi connectivity index (χ0v) is 17.5. The average Bonchev–Trinajstić information content (AvgIpc) is 3.09. The molecule has 1 aromatic heterocycles. The summed E-state index contributed by atoms with van der Waals surface area (Å²) in [6.07, 6.45) is 1.60. The summed E-state index contributed by atoms with van der Waals surface area (Å²) in [6, 6.07) is 10.2. The maximum absolute atomic E-state index is 9.72. The number of ether oxygens (including phenoxy) is 2. The van der Waals surface area contributed by atoms with Crippen LogP contribution in [0.15, 0.2) is 51.9 Å². The second-order valence-corrected chi connectivity index (χ2v) is 7.33. The van der Waals surface area contributed by atoms with Crippen molar-refractivity contribution in [1.29, 1.82) is 0 Å². The first-order valence-electron chi connectivity index (χ1n) is 8.96. The van der Waals surface area contributed by atoms with Gasteiger partial charge < -0.3 is 19.7 Å². The Balaban J connectivity index is 2.14. The number of thiazole rings is 1. The van der Waals surface area contributed by atoms with Crippen molar-refractivity contribution in [2.45, 2.75) is 19.9 Å². The van der Waals surface area contributed by atoms with Crippen molar-refractivity contribution in [1.82, 2.24) is 4.68 Å². The summed E-state index contributed by atoms with van der Waals surface area (Å²) in [6.45, 7) is 4.00. The molecule has 0 aliphatic rings. The first-order valence-corrected chi connectivity index (χ1v) is 9.84. The lowest BCUT2D eigenvalue weighted by Crippen LogP contribution is -2.14. The highest BCUT2D eigenvalue weighted by Crippen LogP contribution is 2.33. The number of aromatic hydroxyl groups is 2. The van der Waals surface area contributed by atoms with Gasteiger partial charge in [-0.1, -0.05) is 0 Å². The molecule has 0 radical (unpaired) electrons. The van der Waals surface area contributed by atoms with Gasteiger partial charge in [-0.25, -0.2) is 4.68 Å². The van der Waals surface area contributed by atoms with Gasteiger partial charge in [0.2, 0.25) is 4.80 Å². The largest absolute Gasteiger partial charge is 0.504 e. The molecule has 0 amide bonds. The molecule has 3 rings (SSSR count). The summed E-state index contributed by atoms with van der Waals surface area (Å²) >= 11 is 1.48. The fourth-order valence-electron chi connectivity index (χ4n) is 2.66. The minimum Gasteiger partial charge on any atom is -0.504 e. The van der Waals surface area contributed by atoms with Gasteiger partial charge in [0.05, 0.1) is 26.1 Å². The van der Waals surface area contributed by atoms with E-state index in [2.05, 4.69) is 10.1 Å². The van der Waals surface area contributed by atoms with Crippen molar-refractivity contribution in [3.8, 4) is 34.3 Å². The number of phenolic OH excluding ortho intramolecular Hbond substituents is 2. The van der Waals surface area contributed by atoms with Gasteiger partial charge in [-0.15, -0.1) is 11.3 Å².